The quantitative estimate of drug-likeness (QED) is 0.329. The van der Waals surface area contributed by atoms with Gasteiger partial charge in [-0.05, 0) is 48.0 Å². The molecular weight excluding hydrogens is 464 g/mol. The lowest BCUT2D eigenvalue weighted by Crippen LogP contribution is -2.33. The van der Waals surface area contributed by atoms with Crippen LogP contribution in [0.5, 0.6) is 5.75 Å². The maximum absolute atomic E-state index is 13.0. The van der Waals surface area contributed by atoms with Gasteiger partial charge >= 0.3 is 0 Å². The van der Waals surface area contributed by atoms with Crippen LogP contribution < -0.4 is 20.7 Å². The fourth-order valence-corrected chi connectivity index (χ4v) is 3.86. The molecule has 37 heavy (non-hydrogen) atoms. The van der Waals surface area contributed by atoms with Crippen LogP contribution in [-0.4, -0.2) is 18.4 Å². The van der Waals surface area contributed by atoms with E-state index >= 15 is 0 Å². The molecule has 0 aliphatic rings. The van der Waals surface area contributed by atoms with Crippen molar-refractivity contribution in [2.24, 2.45) is 5.73 Å². The van der Waals surface area contributed by atoms with E-state index in [1.54, 1.807) is 42.5 Å². The van der Waals surface area contributed by atoms with Gasteiger partial charge in [-0.2, -0.15) is 5.26 Å². The molecule has 0 aliphatic carbocycles. The molecule has 0 saturated carbocycles. The van der Waals surface area contributed by atoms with Crippen molar-refractivity contribution >= 4 is 23.2 Å². The Morgan fingerprint density at radius 2 is 1.65 bits per heavy atom. The summed E-state index contributed by atoms with van der Waals surface area (Å²) in [6.07, 6.45) is 0. The first kappa shape index (κ1) is 25.0. The number of nitrogens with two attached hydrogens (primary N) is 1. The summed E-state index contributed by atoms with van der Waals surface area (Å²) >= 11 is 0. The van der Waals surface area contributed by atoms with Gasteiger partial charge in [0.05, 0.1) is 18.2 Å². The maximum atomic E-state index is 13.0. The largest absolute Gasteiger partial charge is 0.489 e. The van der Waals surface area contributed by atoms with Crippen molar-refractivity contribution < 1.29 is 14.3 Å². The number of primary amides is 1. The summed E-state index contributed by atoms with van der Waals surface area (Å²) in [6.45, 7) is 0.754. The highest BCUT2D eigenvalue weighted by Gasteiger charge is 2.13. The topological polar surface area (TPSA) is 108 Å². The Bertz CT molecular complexity index is 1430. The smallest absolute Gasteiger partial charge is 0.255 e. The molecule has 0 unspecified atom stereocenters. The molecule has 0 radical (unpaired) electrons. The number of rotatable bonds is 10. The Morgan fingerprint density at radius 3 is 2.43 bits per heavy atom. The SMILES string of the molecule is N#Cc1ccccc1COc1cccc(C(=O)Nc2cccc(N(CC(N)=O)Cc3ccccc3)c2)c1. The molecule has 0 atom stereocenters. The molecule has 0 aliphatic heterocycles. The first-order chi connectivity index (χ1) is 18.0. The highest BCUT2D eigenvalue weighted by atomic mass is 16.5. The standard InChI is InChI=1S/C30H26N4O3/c31-18-24-10-4-5-11-25(24)21-37-28-15-6-12-23(16-28)30(36)33-26-13-7-14-27(17-26)34(20-29(32)35)19-22-8-2-1-3-9-22/h1-17H,19-21H2,(H2,32,35)(H,33,36). The number of nitriles is 1. The lowest BCUT2D eigenvalue weighted by atomic mass is 10.1. The van der Waals surface area contributed by atoms with Crippen LogP contribution in [0, 0.1) is 11.3 Å². The number of nitrogens with one attached hydrogen (secondary N) is 1. The summed E-state index contributed by atoms with van der Waals surface area (Å²) in [4.78, 5) is 26.6. The van der Waals surface area contributed by atoms with Gasteiger partial charge in [-0.3, -0.25) is 9.59 Å². The predicted molar refractivity (Wildman–Crippen MR) is 143 cm³/mol. The Balaban J connectivity index is 1.46. The number of carbonyl (C=O) groups excluding carboxylic acids is 2. The van der Waals surface area contributed by atoms with Crippen molar-refractivity contribution in [3.8, 4) is 11.8 Å². The van der Waals surface area contributed by atoms with Crippen molar-refractivity contribution in [1.82, 2.24) is 0 Å². The van der Waals surface area contributed by atoms with Crippen LogP contribution in [-0.2, 0) is 17.9 Å². The number of nitrogens with zero attached hydrogens (tertiary/aromatic N) is 2. The lowest BCUT2D eigenvalue weighted by Gasteiger charge is -2.24. The Kier molecular flexibility index (Phi) is 8.15. The van der Waals surface area contributed by atoms with E-state index in [0.717, 1.165) is 16.8 Å². The van der Waals surface area contributed by atoms with Crippen LogP contribution in [0.2, 0.25) is 0 Å². The second-order valence-electron chi connectivity index (χ2n) is 8.40. The minimum atomic E-state index is -0.445. The first-order valence-corrected chi connectivity index (χ1v) is 11.7. The van der Waals surface area contributed by atoms with Crippen LogP contribution in [0.25, 0.3) is 0 Å². The van der Waals surface area contributed by atoms with Crippen LogP contribution >= 0.6 is 0 Å². The van der Waals surface area contributed by atoms with Gasteiger partial charge in [0.2, 0.25) is 5.91 Å². The first-order valence-electron chi connectivity index (χ1n) is 11.7. The van der Waals surface area contributed by atoms with Crippen molar-refractivity contribution in [2.45, 2.75) is 13.2 Å². The zero-order valence-electron chi connectivity index (χ0n) is 20.1. The molecule has 4 aromatic rings. The number of hydrogen-bond donors (Lipinski definition) is 2. The van der Waals surface area contributed by atoms with E-state index in [4.69, 9.17) is 10.5 Å². The van der Waals surface area contributed by atoms with Crippen molar-refractivity contribution in [3.63, 3.8) is 0 Å². The lowest BCUT2D eigenvalue weighted by molar-refractivity contribution is -0.116. The number of hydrogen-bond acceptors (Lipinski definition) is 5. The molecule has 2 amide bonds. The fourth-order valence-electron chi connectivity index (χ4n) is 3.86. The van der Waals surface area contributed by atoms with Gasteiger partial charge in [0.1, 0.15) is 12.4 Å². The van der Waals surface area contributed by atoms with E-state index in [0.29, 0.717) is 29.1 Å². The fraction of sp³-hybridized carbons (Fsp3) is 0.100. The molecule has 0 saturated heterocycles. The minimum absolute atomic E-state index is 0.0423. The Morgan fingerprint density at radius 1 is 0.892 bits per heavy atom. The molecule has 4 rings (SSSR count). The van der Waals surface area contributed by atoms with E-state index in [9.17, 15) is 14.9 Å². The number of carbonyl (C=O) groups is 2. The molecule has 7 heteroatoms. The highest BCUT2D eigenvalue weighted by Crippen LogP contribution is 2.23. The van der Waals surface area contributed by atoms with Gasteiger partial charge in [0.15, 0.2) is 0 Å². The molecular formula is C30H26N4O3. The highest BCUT2D eigenvalue weighted by molar-refractivity contribution is 6.04. The van der Waals surface area contributed by atoms with E-state index in [-0.39, 0.29) is 19.1 Å². The van der Waals surface area contributed by atoms with Crippen molar-refractivity contribution in [2.75, 3.05) is 16.8 Å². The van der Waals surface area contributed by atoms with Gasteiger partial charge in [0.25, 0.3) is 5.91 Å². The van der Waals surface area contributed by atoms with E-state index in [1.807, 2.05) is 65.6 Å². The molecule has 7 nitrogen and oxygen atoms in total. The number of ether oxygens (including phenoxy) is 1. The second kappa shape index (κ2) is 12.0. The molecule has 184 valence electrons. The molecule has 0 aromatic heterocycles. The summed E-state index contributed by atoms with van der Waals surface area (Å²) in [7, 11) is 0. The maximum Gasteiger partial charge on any atom is 0.255 e. The average Bonchev–Trinajstić information content (AvgIpc) is 2.92. The summed E-state index contributed by atoms with van der Waals surface area (Å²) in [5, 5.41) is 12.2. The molecule has 3 N–H and O–H groups in total. The van der Waals surface area contributed by atoms with Crippen LogP contribution in [0.1, 0.15) is 27.0 Å². The van der Waals surface area contributed by atoms with E-state index < -0.39 is 5.91 Å². The molecule has 0 fully saturated rings. The van der Waals surface area contributed by atoms with Gasteiger partial charge < -0.3 is 20.7 Å². The summed E-state index contributed by atoms with van der Waals surface area (Å²) in [5.41, 5.74) is 9.62. The van der Waals surface area contributed by atoms with E-state index in [2.05, 4.69) is 11.4 Å². The third-order valence-electron chi connectivity index (χ3n) is 5.66. The van der Waals surface area contributed by atoms with Crippen molar-refractivity contribution in [1.29, 1.82) is 5.26 Å². The zero-order chi connectivity index (χ0) is 26.0. The van der Waals surface area contributed by atoms with Crippen LogP contribution in [0.4, 0.5) is 11.4 Å². The molecule has 0 heterocycles. The second-order valence-corrected chi connectivity index (χ2v) is 8.40. The molecule has 4 aromatic carbocycles. The normalized spacial score (nSPS) is 10.2. The van der Waals surface area contributed by atoms with E-state index in [1.165, 1.54) is 0 Å². The number of amides is 2. The van der Waals surface area contributed by atoms with Gasteiger partial charge in [-0.1, -0.05) is 60.7 Å². The predicted octanol–water partition coefficient (Wildman–Crippen LogP) is 4.88. The zero-order valence-corrected chi connectivity index (χ0v) is 20.1. The van der Waals surface area contributed by atoms with Gasteiger partial charge in [0, 0.05) is 29.0 Å². The van der Waals surface area contributed by atoms with Crippen LogP contribution in [0.3, 0.4) is 0 Å². The summed E-state index contributed by atoms with van der Waals surface area (Å²) in [5.74, 6) is -0.228. The Labute approximate surface area is 215 Å². The average molecular weight is 491 g/mol. The number of anilines is 2. The van der Waals surface area contributed by atoms with Crippen molar-refractivity contribution in [3.05, 3.63) is 125 Å². The Hall–Kier alpha value is -5.09. The number of benzene rings is 4. The van der Waals surface area contributed by atoms with Gasteiger partial charge in [-0.25, -0.2) is 0 Å². The minimum Gasteiger partial charge on any atom is -0.489 e. The third-order valence-corrected chi connectivity index (χ3v) is 5.66. The monoisotopic (exact) mass is 490 g/mol. The van der Waals surface area contributed by atoms with Crippen LogP contribution in [0.15, 0.2) is 103 Å². The summed E-state index contributed by atoms with van der Waals surface area (Å²) in [6, 6.07) is 33.3. The summed E-state index contributed by atoms with van der Waals surface area (Å²) < 4.78 is 5.84. The molecule has 0 spiro atoms. The third kappa shape index (κ3) is 6.96. The van der Waals surface area contributed by atoms with Gasteiger partial charge in [-0.15, -0.1) is 0 Å². The molecule has 0 bridgehead atoms.